The van der Waals surface area contributed by atoms with Crippen molar-refractivity contribution in [3.8, 4) is 0 Å². The Kier molecular flexibility index (Phi) is 4.49. The summed E-state index contributed by atoms with van der Waals surface area (Å²) < 4.78 is 4.90. The van der Waals surface area contributed by atoms with E-state index in [9.17, 15) is 9.70 Å². The lowest BCUT2D eigenvalue weighted by Crippen LogP contribution is -2.42. The average Bonchev–Trinajstić information content (AvgIpc) is 2.49. The smallest absolute Gasteiger partial charge is 0.315 e. The quantitative estimate of drug-likeness (QED) is 0.618. The van der Waals surface area contributed by atoms with E-state index in [0.29, 0.717) is 6.54 Å². The van der Waals surface area contributed by atoms with E-state index in [-0.39, 0.29) is 12.0 Å². The third-order valence-electron chi connectivity index (χ3n) is 3.62. The Hall–Kier alpha value is -1.91. The Bertz CT molecular complexity index is 436. The SMILES string of the molecule is COC(=O)[C@@H](c1ccccc1)[C@@H]1CCCCN1N=O. The maximum Gasteiger partial charge on any atom is 0.315 e. The van der Waals surface area contributed by atoms with E-state index in [1.807, 2.05) is 30.3 Å². The van der Waals surface area contributed by atoms with Gasteiger partial charge in [0, 0.05) is 6.54 Å². The van der Waals surface area contributed by atoms with Crippen molar-refractivity contribution in [2.75, 3.05) is 13.7 Å². The lowest BCUT2D eigenvalue weighted by Gasteiger charge is -2.35. The number of esters is 1. The molecule has 0 bridgehead atoms. The molecule has 0 radical (unpaired) electrons. The Labute approximate surface area is 112 Å². The molecule has 1 aromatic rings. The minimum atomic E-state index is -0.454. The molecule has 1 fully saturated rings. The predicted octanol–water partition coefficient (Wildman–Crippen LogP) is 2.48. The number of benzene rings is 1. The molecule has 19 heavy (non-hydrogen) atoms. The van der Waals surface area contributed by atoms with E-state index in [1.165, 1.54) is 12.1 Å². The van der Waals surface area contributed by atoms with Crippen LogP contribution in [0.2, 0.25) is 0 Å². The number of ether oxygens (including phenoxy) is 1. The fourth-order valence-electron chi connectivity index (χ4n) is 2.68. The summed E-state index contributed by atoms with van der Waals surface area (Å²) in [5.74, 6) is -0.768. The largest absolute Gasteiger partial charge is 0.468 e. The highest BCUT2D eigenvalue weighted by Gasteiger charge is 2.36. The molecule has 0 N–H and O–H groups in total. The third-order valence-corrected chi connectivity index (χ3v) is 3.62. The second kappa shape index (κ2) is 6.31. The summed E-state index contributed by atoms with van der Waals surface area (Å²) in [7, 11) is 1.37. The van der Waals surface area contributed by atoms with Crippen LogP contribution in [0.15, 0.2) is 35.6 Å². The van der Waals surface area contributed by atoms with Crippen LogP contribution in [-0.2, 0) is 9.53 Å². The Morgan fingerprint density at radius 2 is 2.11 bits per heavy atom. The Morgan fingerprint density at radius 3 is 2.74 bits per heavy atom. The zero-order chi connectivity index (χ0) is 13.7. The van der Waals surface area contributed by atoms with Crippen LogP contribution in [0, 0.1) is 4.91 Å². The van der Waals surface area contributed by atoms with Crippen molar-refractivity contribution in [3.63, 3.8) is 0 Å². The van der Waals surface area contributed by atoms with Crippen LogP contribution >= 0.6 is 0 Å². The fourth-order valence-corrected chi connectivity index (χ4v) is 2.68. The lowest BCUT2D eigenvalue weighted by atomic mass is 9.86. The number of hydrogen-bond donors (Lipinski definition) is 0. The molecule has 1 saturated heterocycles. The molecule has 5 heteroatoms. The molecule has 1 aromatic carbocycles. The van der Waals surface area contributed by atoms with E-state index in [2.05, 4.69) is 5.29 Å². The third kappa shape index (κ3) is 2.92. The molecule has 0 saturated carbocycles. The maximum atomic E-state index is 12.1. The maximum absolute atomic E-state index is 12.1. The predicted molar refractivity (Wildman–Crippen MR) is 71.3 cm³/mol. The van der Waals surface area contributed by atoms with Crippen LogP contribution in [0.25, 0.3) is 0 Å². The zero-order valence-corrected chi connectivity index (χ0v) is 11.0. The van der Waals surface area contributed by atoms with Gasteiger partial charge >= 0.3 is 5.97 Å². The number of hydrogen-bond acceptors (Lipinski definition) is 4. The van der Waals surface area contributed by atoms with Gasteiger partial charge in [-0.1, -0.05) is 30.3 Å². The number of methoxy groups -OCH3 is 1. The number of carbonyl (C=O) groups excluding carboxylic acids is 1. The van der Waals surface area contributed by atoms with Gasteiger partial charge in [0.25, 0.3) is 0 Å². The van der Waals surface area contributed by atoms with Gasteiger partial charge in [0.2, 0.25) is 0 Å². The summed E-state index contributed by atoms with van der Waals surface area (Å²) in [6, 6.07) is 9.23. The molecule has 2 atom stereocenters. The highest BCUT2D eigenvalue weighted by atomic mass is 16.5. The first-order chi connectivity index (χ1) is 9.27. The second-order valence-electron chi connectivity index (χ2n) is 4.72. The standard InChI is InChI=1S/C14H18N2O3/c1-19-14(17)13(11-7-3-2-4-8-11)12-9-5-6-10-16(12)15-18/h2-4,7-8,12-13H,5-6,9-10H2,1H3/t12-,13-/m0/s1. The van der Waals surface area contributed by atoms with Crippen LogP contribution in [0.4, 0.5) is 0 Å². The number of carbonyl (C=O) groups is 1. The van der Waals surface area contributed by atoms with Crippen molar-refractivity contribution in [2.45, 2.75) is 31.2 Å². The number of rotatable bonds is 4. The Balaban J connectivity index is 2.31. The summed E-state index contributed by atoms with van der Waals surface area (Å²) >= 11 is 0. The average molecular weight is 262 g/mol. The van der Waals surface area contributed by atoms with E-state index >= 15 is 0 Å². The van der Waals surface area contributed by atoms with E-state index < -0.39 is 5.92 Å². The van der Waals surface area contributed by atoms with Crippen molar-refractivity contribution in [1.29, 1.82) is 0 Å². The minimum Gasteiger partial charge on any atom is -0.468 e. The van der Waals surface area contributed by atoms with Crippen LogP contribution in [0.1, 0.15) is 30.7 Å². The van der Waals surface area contributed by atoms with Crippen molar-refractivity contribution in [3.05, 3.63) is 40.8 Å². The van der Waals surface area contributed by atoms with Crippen molar-refractivity contribution in [2.24, 2.45) is 5.29 Å². The van der Waals surface area contributed by atoms with Crippen LogP contribution in [-0.4, -0.2) is 30.7 Å². The first-order valence-corrected chi connectivity index (χ1v) is 6.50. The molecule has 1 aliphatic rings. The monoisotopic (exact) mass is 262 g/mol. The van der Waals surface area contributed by atoms with E-state index in [4.69, 9.17) is 4.74 Å². The van der Waals surface area contributed by atoms with E-state index in [0.717, 1.165) is 24.8 Å². The van der Waals surface area contributed by atoms with Gasteiger partial charge in [-0.25, -0.2) is 0 Å². The van der Waals surface area contributed by atoms with Gasteiger partial charge in [-0.2, -0.15) is 0 Å². The lowest BCUT2D eigenvalue weighted by molar-refractivity contribution is -0.144. The van der Waals surface area contributed by atoms with Crippen LogP contribution in [0.3, 0.4) is 0 Å². The van der Waals surface area contributed by atoms with Crippen molar-refractivity contribution < 1.29 is 9.53 Å². The van der Waals surface area contributed by atoms with Crippen LogP contribution < -0.4 is 0 Å². The topological polar surface area (TPSA) is 59.0 Å². The molecule has 1 aliphatic heterocycles. The first-order valence-electron chi connectivity index (χ1n) is 6.50. The highest BCUT2D eigenvalue weighted by Crippen LogP contribution is 2.31. The van der Waals surface area contributed by atoms with Crippen molar-refractivity contribution >= 4 is 5.97 Å². The number of nitrogens with zero attached hydrogens (tertiary/aromatic N) is 2. The number of nitroso groups, excluding NO2 is 1. The van der Waals surface area contributed by atoms with Gasteiger partial charge in [0.15, 0.2) is 0 Å². The highest BCUT2D eigenvalue weighted by molar-refractivity contribution is 5.79. The summed E-state index contributed by atoms with van der Waals surface area (Å²) in [5, 5.41) is 4.55. The molecule has 102 valence electrons. The molecular formula is C14H18N2O3. The van der Waals surface area contributed by atoms with Gasteiger partial charge in [0.1, 0.15) is 5.92 Å². The first kappa shape index (κ1) is 13.5. The molecule has 5 nitrogen and oxygen atoms in total. The Morgan fingerprint density at radius 1 is 1.37 bits per heavy atom. The summed E-state index contributed by atoms with van der Waals surface area (Å²) in [6.45, 7) is 0.606. The van der Waals surface area contributed by atoms with Gasteiger partial charge in [-0.05, 0) is 24.8 Å². The summed E-state index contributed by atoms with van der Waals surface area (Å²) in [4.78, 5) is 23.0. The molecule has 0 aliphatic carbocycles. The zero-order valence-electron chi connectivity index (χ0n) is 11.0. The van der Waals surface area contributed by atoms with Gasteiger partial charge in [0.05, 0.1) is 18.4 Å². The van der Waals surface area contributed by atoms with Crippen molar-refractivity contribution in [1.82, 2.24) is 5.01 Å². The molecule has 0 spiro atoms. The minimum absolute atomic E-state index is 0.207. The van der Waals surface area contributed by atoms with Crippen LogP contribution in [0.5, 0.6) is 0 Å². The fraction of sp³-hybridized carbons (Fsp3) is 0.500. The molecular weight excluding hydrogens is 244 g/mol. The van der Waals surface area contributed by atoms with Gasteiger partial charge in [-0.3, -0.25) is 9.80 Å². The number of piperidine rings is 1. The van der Waals surface area contributed by atoms with E-state index in [1.54, 1.807) is 0 Å². The molecule has 2 rings (SSSR count). The van der Waals surface area contributed by atoms with Gasteiger partial charge < -0.3 is 4.74 Å². The molecule has 0 unspecified atom stereocenters. The molecule has 1 heterocycles. The summed E-state index contributed by atoms with van der Waals surface area (Å²) in [5.41, 5.74) is 0.870. The normalized spacial score (nSPS) is 20.7. The molecule has 0 aromatic heterocycles. The molecule has 0 amide bonds. The van der Waals surface area contributed by atoms with Gasteiger partial charge in [-0.15, -0.1) is 4.91 Å². The summed E-state index contributed by atoms with van der Waals surface area (Å²) in [6.07, 6.45) is 2.71. The second-order valence-corrected chi connectivity index (χ2v) is 4.72.